The molecule has 2 rings (SSSR count). The molecule has 0 bridgehead atoms. The Bertz CT molecular complexity index is 670. The summed E-state index contributed by atoms with van der Waals surface area (Å²) in [5.74, 6) is 0.474. The van der Waals surface area contributed by atoms with Crippen molar-refractivity contribution in [1.82, 2.24) is 0 Å². The third-order valence-electron chi connectivity index (χ3n) is 4.31. The summed E-state index contributed by atoms with van der Waals surface area (Å²) >= 11 is 0. The molecule has 1 aliphatic carbocycles. The fourth-order valence-corrected chi connectivity index (χ4v) is 4.27. The number of hydrogen-bond donors (Lipinski definition) is 2. The van der Waals surface area contributed by atoms with Crippen LogP contribution in [0.4, 0.5) is 11.4 Å². The van der Waals surface area contributed by atoms with Gasteiger partial charge in [-0.25, -0.2) is 0 Å². The normalized spacial score (nSPS) is 25.8. The largest absolute Gasteiger partial charge is 0.397 e. The highest BCUT2D eigenvalue weighted by atomic mass is 32.2. The van der Waals surface area contributed by atoms with E-state index in [1.807, 2.05) is 6.92 Å². The lowest BCUT2D eigenvalue weighted by molar-refractivity contribution is 0.0935. The molecular weight excluding hydrogens is 300 g/mol. The molecule has 3 atom stereocenters. The summed E-state index contributed by atoms with van der Waals surface area (Å²) in [6.07, 6.45) is 2.24. The van der Waals surface area contributed by atoms with E-state index in [1.165, 1.54) is 6.07 Å². The second kappa shape index (κ2) is 6.30. The van der Waals surface area contributed by atoms with E-state index in [1.54, 1.807) is 12.1 Å². The summed E-state index contributed by atoms with van der Waals surface area (Å²) in [7, 11) is -3.95. The second-order valence-electron chi connectivity index (χ2n) is 6.22. The molecule has 0 radical (unpaired) electrons. The minimum Gasteiger partial charge on any atom is -0.397 e. The Morgan fingerprint density at radius 1 is 1.32 bits per heavy atom. The molecule has 0 saturated heterocycles. The maximum Gasteiger partial charge on any atom is 0.299 e. The fraction of sp³-hybridized carbons (Fsp3) is 0.500. The quantitative estimate of drug-likeness (QED) is 0.504. The van der Waals surface area contributed by atoms with Crippen molar-refractivity contribution in [2.24, 2.45) is 11.8 Å². The van der Waals surface area contributed by atoms with E-state index in [0.29, 0.717) is 12.3 Å². The summed E-state index contributed by atoms with van der Waals surface area (Å²) in [6, 6.07) is 4.54. The van der Waals surface area contributed by atoms with Crippen molar-refractivity contribution in [3.8, 4) is 0 Å². The lowest BCUT2D eigenvalue weighted by Crippen LogP contribution is -2.33. The zero-order chi connectivity index (χ0) is 16.5. The van der Waals surface area contributed by atoms with Crippen molar-refractivity contribution in [1.29, 1.82) is 0 Å². The molecule has 1 saturated carbocycles. The van der Waals surface area contributed by atoms with Crippen molar-refractivity contribution in [3.05, 3.63) is 30.4 Å². The number of para-hydroxylation sites is 1. The third-order valence-corrected chi connectivity index (χ3v) is 5.70. The summed E-state index contributed by atoms with van der Waals surface area (Å²) in [5.41, 5.74) is 12.7. The highest BCUT2D eigenvalue weighted by molar-refractivity contribution is 7.87. The molecule has 1 aromatic rings. The first-order valence-electron chi connectivity index (χ1n) is 7.45. The lowest BCUT2D eigenvalue weighted by Gasteiger charge is -2.34. The first-order valence-corrected chi connectivity index (χ1v) is 8.86. The summed E-state index contributed by atoms with van der Waals surface area (Å²) in [6.45, 7) is 7.99. The van der Waals surface area contributed by atoms with Crippen LogP contribution in [-0.4, -0.2) is 14.5 Å². The fourth-order valence-electron chi connectivity index (χ4n) is 2.99. The molecular formula is C16H24N2O3S. The van der Waals surface area contributed by atoms with Crippen molar-refractivity contribution in [2.75, 3.05) is 11.5 Å². The van der Waals surface area contributed by atoms with E-state index in [9.17, 15) is 8.42 Å². The minimum absolute atomic E-state index is 0.0400. The van der Waals surface area contributed by atoms with Crippen LogP contribution < -0.4 is 11.5 Å². The van der Waals surface area contributed by atoms with E-state index in [4.69, 9.17) is 15.7 Å². The van der Waals surface area contributed by atoms with Gasteiger partial charge < -0.3 is 11.5 Å². The standard InChI is InChI=1S/C16H24N2O3S/c1-10(2)12-8-7-11(3)9-14(12)21-22(19,20)15-6-4-5-13(17)16(15)18/h4-6,11-12,14H,1,7-9,17-18H2,2-3H3/t11-,12+,14-/m1/s1. The molecule has 1 fully saturated rings. The van der Waals surface area contributed by atoms with Crippen molar-refractivity contribution in [2.45, 2.75) is 44.1 Å². The first kappa shape index (κ1) is 16.8. The van der Waals surface area contributed by atoms with Crippen LogP contribution in [-0.2, 0) is 14.3 Å². The molecule has 5 nitrogen and oxygen atoms in total. The lowest BCUT2D eigenvalue weighted by atomic mass is 9.78. The van der Waals surface area contributed by atoms with Gasteiger partial charge in [-0.1, -0.05) is 25.1 Å². The van der Waals surface area contributed by atoms with Crippen LogP contribution in [0, 0.1) is 11.8 Å². The number of nitrogen functional groups attached to an aromatic ring is 2. The van der Waals surface area contributed by atoms with E-state index in [0.717, 1.165) is 18.4 Å². The molecule has 0 amide bonds. The number of hydrogen-bond acceptors (Lipinski definition) is 5. The average Bonchev–Trinajstić information content (AvgIpc) is 2.40. The third kappa shape index (κ3) is 3.44. The Kier molecular flexibility index (Phi) is 4.82. The van der Waals surface area contributed by atoms with E-state index < -0.39 is 16.2 Å². The number of anilines is 2. The Hall–Kier alpha value is -1.53. The molecule has 4 N–H and O–H groups in total. The van der Waals surface area contributed by atoms with Gasteiger partial charge >= 0.3 is 0 Å². The Morgan fingerprint density at radius 3 is 2.64 bits per heavy atom. The van der Waals surface area contributed by atoms with E-state index in [2.05, 4.69) is 13.5 Å². The van der Waals surface area contributed by atoms with Crippen molar-refractivity contribution in [3.63, 3.8) is 0 Å². The maximum atomic E-state index is 12.6. The molecule has 22 heavy (non-hydrogen) atoms. The zero-order valence-corrected chi connectivity index (χ0v) is 13.9. The molecule has 0 heterocycles. The Morgan fingerprint density at radius 2 is 2.00 bits per heavy atom. The van der Waals surface area contributed by atoms with Gasteiger partial charge in [0.2, 0.25) is 0 Å². The molecule has 6 heteroatoms. The first-order chi connectivity index (χ1) is 10.2. The number of benzene rings is 1. The van der Waals surface area contributed by atoms with Gasteiger partial charge in [-0.3, -0.25) is 4.18 Å². The second-order valence-corrected chi connectivity index (χ2v) is 7.76. The van der Waals surface area contributed by atoms with Gasteiger partial charge in [0.25, 0.3) is 10.1 Å². The van der Waals surface area contributed by atoms with Crippen LogP contribution in [0.15, 0.2) is 35.2 Å². The molecule has 0 aliphatic heterocycles. The summed E-state index contributed by atoms with van der Waals surface area (Å²) < 4.78 is 30.6. The monoisotopic (exact) mass is 324 g/mol. The highest BCUT2D eigenvalue weighted by Gasteiger charge is 2.34. The van der Waals surface area contributed by atoms with Gasteiger partial charge in [0.05, 0.1) is 17.5 Å². The van der Waals surface area contributed by atoms with Gasteiger partial charge in [-0.05, 0) is 44.2 Å². The predicted molar refractivity (Wildman–Crippen MR) is 88.6 cm³/mol. The van der Waals surface area contributed by atoms with Gasteiger partial charge in [0.1, 0.15) is 4.90 Å². The molecule has 0 unspecified atom stereocenters. The topological polar surface area (TPSA) is 95.4 Å². The van der Waals surface area contributed by atoms with Crippen LogP contribution in [0.25, 0.3) is 0 Å². The minimum atomic E-state index is -3.95. The Labute approximate surface area is 132 Å². The highest BCUT2D eigenvalue weighted by Crippen LogP contribution is 2.37. The van der Waals surface area contributed by atoms with Gasteiger partial charge in [-0.15, -0.1) is 0 Å². The van der Waals surface area contributed by atoms with Crippen LogP contribution in [0.1, 0.15) is 33.1 Å². The maximum absolute atomic E-state index is 12.6. The molecule has 0 spiro atoms. The predicted octanol–water partition coefficient (Wildman–Crippen LogP) is 2.94. The summed E-state index contributed by atoms with van der Waals surface area (Å²) in [5, 5.41) is 0. The Balaban J connectivity index is 2.30. The van der Waals surface area contributed by atoms with Crippen LogP contribution in [0.2, 0.25) is 0 Å². The van der Waals surface area contributed by atoms with Crippen LogP contribution in [0.5, 0.6) is 0 Å². The van der Waals surface area contributed by atoms with Gasteiger partial charge in [0.15, 0.2) is 0 Å². The average molecular weight is 324 g/mol. The molecule has 1 aromatic carbocycles. The molecule has 1 aliphatic rings. The van der Waals surface area contributed by atoms with E-state index in [-0.39, 0.29) is 22.2 Å². The van der Waals surface area contributed by atoms with Gasteiger partial charge in [0, 0.05) is 5.92 Å². The van der Waals surface area contributed by atoms with Crippen LogP contribution >= 0.6 is 0 Å². The van der Waals surface area contributed by atoms with Crippen molar-refractivity contribution < 1.29 is 12.6 Å². The smallest absolute Gasteiger partial charge is 0.299 e. The zero-order valence-electron chi connectivity index (χ0n) is 13.1. The van der Waals surface area contributed by atoms with Crippen LogP contribution in [0.3, 0.4) is 0 Å². The molecule has 0 aromatic heterocycles. The number of nitrogens with two attached hydrogens (primary N) is 2. The van der Waals surface area contributed by atoms with Crippen molar-refractivity contribution >= 4 is 21.5 Å². The SMILES string of the molecule is C=C(C)[C@@H]1CC[C@@H](C)C[C@H]1OS(=O)(=O)c1cccc(N)c1N. The van der Waals surface area contributed by atoms with E-state index >= 15 is 0 Å². The van der Waals surface area contributed by atoms with Gasteiger partial charge in [-0.2, -0.15) is 8.42 Å². The summed E-state index contributed by atoms with van der Waals surface area (Å²) in [4.78, 5) is -0.0637. The molecule has 122 valence electrons. The number of rotatable bonds is 4.